The molecule has 15 heteroatoms. The largest absolute Gasteiger partial charge is 0.502 e. The average Bonchev–Trinajstić information content (AvgIpc) is 3.83. The molecule has 0 bridgehead atoms. The molecule has 0 spiro atoms. The summed E-state index contributed by atoms with van der Waals surface area (Å²) >= 11 is 0. The minimum absolute atomic E-state index is 0.00279. The second kappa shape index (κ2) is 17.9. The summed E-state index contributed by atoms with van der Waals surface area (Å²) in [5, 5.41) is 8.14. The maximum atomic E-state index is 12.5. The fourth-order valence-electron chi connectivity index (χ4n) is 8.03. The first-order valence-electron chi connectivity index (χ1n) is 21.0. The summed E-state index contributed by atoms with van der Waals surface area (Å²) in [6.07, 6.45) is 6.91. The zero-order valence-electron chi connectivity index (χ0n) is 35.1. The van der Waals surface area contributed by atoms with Gasteiger partial charge in [-0.3, -0.25) is 0 Å². The number of aromatic nitrogens is 4. The second-order valence-electron chi connectivity index (χ2n) is 16.3. The van der Waals surface area contributed by atoms with Gasteiger partial charge in [0.25, 0.3) is 11.8 Å². The van der Waals surface area contributed by atoms with Crippen LogP contribution in [0.5, 0.6) is 11.5 Å². The molecule has 1 fully saturated rings. The number of rotatable bonds is 11. The first kappa shape index (κ1) is 42.3. The van der Waals surface area contributed by atoms with Crippen molar-refractivity contribution in [3.8, 4) is 57.2 Å². The lowest BCUT2D eigenvalue weighted by Gasteiger charge is -2.27. The van der Waals surface area contributed by atoms with Gasteiger partial charge in [-0.25, -0.2) is 22.8 Å². The van der Waals surface area contributed by atoms with Gasteiger partial charge in [-0.1, -0.05) is 46.7 Å². The van der Waals surface area contributed by atoms with Gasteiger partial charge >= 0.3 is 0 Å². The number of ether oxygens (including phenoxy) is 2. The van der Waals surface area contributed by atoms with Crippen LogP contribution in [0.25, 0.3) is 55.4 Å². The monoisotopic (exact) mass is 852 g/mol. The zero-order valence-corrected chi connectivity index (χ0v) is 35.9. The maximum Gasteiger partial charge on any atom is 0.256 e. The number of hydrogen-bond acceptors (Lipinski definition) is 11. The first-order chi connectivity index (χ1) is 29.9. The molecule has 0 amide bonds. The van der Waals surface area contributed by atoms with Crippen LogP contribution in [0.3, 0.4) is 0 Å². The number of nitrogens with two attached hydrogens (primary N) is 1. The average molecular weight is 853 g/mol. The molecule has 0 aliphatic heterocycles. The Bertz CT molecular complexity index is 2800. The van der Waals surface area contributed by atoms with E-state index in [9.17, 15) is 8.42 Å². The molecular formula is C47H48N8O6S. The van der Waals surface area contributed by atoms with E-state index in [1.54, 1.807) is 30.3 Å². The molecule has 0 saturated heterocycles. The lowest BCUT2D eigenvalue weighted by atomic mass is 9.85. The summed E-state index contributed by atoms with van der Waals surface area (Å²) in [6.45, 7) is 22.6. The van der Waals surface area contributed by atoms with Crippen LogP contribution < -0.4 is 19.9 Å². The molecule has 3 aliphatic carbocycles. The Morgan fingerprint density at radius 1 is 0.710 bits per heavy atom. The van der Waals surface area contributed by atoms with Gasteiger partial charge in [-0.2, -0.15) is 9.97 Å². The van der Waals surface area contributed by atoms with Crippen molar-refractivity contribution in [2.45, 2.75) is 109 Å². The molecule has 14 nitrogen and oxygen atoms in total. The summed E-state index contributed by atoms with van der Waals surface area (Å²) in [6, 6.07) is 22.3. The molecule has 2 heterocycles. The molecule has 0 radical (unpaired) electrons. The third kappa shape index (κ3) is 9.11. The van der Waals surface area contributed by atoms with Crippen LogP contribution in [0.15, 0.2) is 81.8 Å². The van der Waals surface area contributed by atoms with Gasteiger partial charge in [0.05, 0.1) is 30.6 Å². The number of benzene rings is 4. The third-order valence-electron chi connectivity index (χ3n) is 11.0. The molecule has 1 saturated carbocycles. The summed E-state index contributed by atoms with van der Waals surface area (Å²) in [5.74, 6) is 2.77. The molecule has 9 rings (SSSR count). The minimum Gasteiger partial charge on any atom is -0.502 e. The molecule has 6 aromatic rings. The zero-order chi connectivity index (χ0) is 43.5. The van der Waals surface area contributed by atoms with Gasteiger partial charge in [-0.15, -0.1) is 0 Å². The van der Waals surface area contributed by atoms with Crippen LogP contribution in [-0.4, -0.2) is 46.2 Å². The molecule has 318 valence electrons. The van der Waals surface area contributed by atoms with E-state index in [4.69, 9.17) is 37.4 Å². The van der Waals surface area contributed by atoms with Crippen molar-refractivity contribution in [3.63, 3.8) is 0 Å². The van der Waals surface area contributed by atoms with Crippen molar-refractivity contribution in [1.29, 1.82) is 0 Å². The Hall–Kier alpha value is -6.39. The van der Waals surface area contributed by atoms with E-state index >= 15 is 0 Å². The number of hydrogen-bond donors (Lipinski definition) is 2. The highest BCUT2D eigenvalue weighted by Gasteiger charge is 2.38. The van der Waals surface area contributed by atoms with Gasteiger partial charge in [0.15, 0.2) is 0 Å². The van der Waals surface area contributed by atoms with E-state index in [-0.39, 0.29) is 29.5 Å². The molecule has 0 unspecified atom stereocenters. The van der Waals surface area contributed by atoms with Crippen molar-refractivity contribution in [2.24, 2.45) is 5.73 Å². The molecule has 2 aromatic heterocycles. The lowest BCUT2D eigenvalue weighted by Crippen LogP contribution is -2.33. The van der Waals surface area contributed by atoms with Crippen LogP contribution in [0.4, 0.5) is 11.4 Å². The standard InChI is InChI=1S/C25H26N4O4S.C22H22N4O2/c1-15(2)32-23-13-10-16(14-22(23)26-3)25-27-24(28-33-25)20-8-4-7-19-18(20)6-5-9-21(19)29-34(30,31)17-11-12-17;1-13(2)27-20-11-10-14(12-19(20)24-3)22-25-21(26-28-22)17-8-4-7-16-15(17)6-5-9-18(16)23/h4,7-8,10,13-15,17,21,29H,5-6,9,11-12H2,1-2H3;4,7-8,10-13,18H,5-6,9,23H2,1-2H3/t21-;18-/m00/s1. The Balaban J connectivity index is 0.000000174. The molecule has 4 aromatic carbocycles. The van der Waals surface area contributed by atoms with Crippen LogP contribution >= 0.6 is 0 Å². The summed E-state index contributed by atoms with van der Waals surface area (Å²) < 4.78 is 50.4. The Morgan fingerprint density at radius 2 is 1.21 bits per heavy atom. The second-order valence-corrected chi connectivity index (χ2v) is 18.3. The molecular weight excluding hydrogens is 805 g/mol. The Morgan fingerprint density at radius 3 is 1.71 bits per heavy atom. The van der Waals surface area contributed by atoms with Crippen molar-refractivity contribution in [2.75, 3.05) is 0 Å². The predicted molar refractivity (Wildman–Crippen MR) is 235 cm³/mol. The minimum atomic E-state index is -3.29. The number of fused-ring (bicyclic) bond motifs is 2. The normalized spacial score (nSPS) is 17.0. The molecule has 3 N–H and O–H groups in total. The Labute approximate surface area is 361 Å². The lowest BCUT2D eigenvalue weighted by molar-refractivity contribution is 0.244. The number of sulfonamides is 1. The quantitative estimate of drug-likeness (QED) is 0.119. The fraction of sp³-hybridized carbons (Fsp3) is 0.362. The van der Waals surface area contributed by atoms with Crippen molar-refractivity contribution in [1.82, 2.24) is 25.0 Å². The van der Waals surface area contributed by atoms with Crippen LogP contribution in [0.2, 0.25) is 0 Å². The Kier molecular flexibility index (Phi) is 12.2. The smallest absolute Gasteiger partial charge is 0.256 e. The maximum absolute atomic E-state index is 12.5. The van der Waals surface area contributed by atoms with E-state index in [2.05, 4.69) is 40.8 Å². The highest BCUT2D eigenvalue weighted by Crippen LogP contribution is 2.40. The van der Waals surface area contributed by atoms with Gasteiger partial charge < -0.3 is 24.3 Å². The van der Waals surface area contributed by atoms with Crippen molar-refractivity contribution < 1.29 is 26.9 Å². The van der Waals surface area contributed by atoms with E-state index < -0.39 is 10.0 Å². The fourth-order valence-corrected chi connectivity index (χ4v) is 9.62. The topological polar surface area (TPSA) is 177 Å². The summed E-state index contributed by atoms with van der Waals surface area (Å²) in [4.78, 5) is 16.3. The predicted octanol–water partition coefficient (Wildman–Crippen LogP) is 10.3. The third-order valence-corrected chi connectivity index (χ3v) is 13.0. The van der Waals surface area contributed by atoms with Crippen molar-refractivity contribution in [3.05, 3.63) is 118 Å². The number of nitrogens with one attached hydrogen (secondary N) is 1. The van der Waals surface area contributed by atoms with Gasteiger partial charge in [0.2, 0.25) is 33.0 Å². The van der Waals surface area contributed by atoms with E-state index in [0.717, 1.165) is 73.6 Å². The molecule has 2 atom stereocenters. The van der Waals surface area contributed by atoms with Gasteiger partial charge in [0, 0.05) is 34.3 Å². The van der Waals surface area contributed by atoms with E-state index in [1.165, 1.54) is 11.1 Å². The highest BCUT2D eigenvalue weighted by molar-refractivity contribution is 7.90. The number of nitrogens with zero attached hydrogens (tertiary/aromatic N) is 6. The summed E-state index contributed by atoms with van der Waals surface area (Å²) in [7, 11) is -3.29. The van der Waals surface area contributed by atoms with Crippen LogP contribution in [0, 0.1) is 13.1 Å². The van der Waals surface area contributed by atoms with E-state index in [1.807, 2.05) is 64.1 Å². The summed E-state index contributed by atoms with van der Waals surface area (Å²) in [5.41, 5.74) is 14.6. The van der Waals surface area contributed by atoms with Crippen LogP contribution in [-0.2, 0) is 22.9 Å². The SMILES string of the molecule is [C-]#[N+]c1cc(-c2nc(-c3cccc4c3CCC[C@@H]4N)no2)ccc1OC(C)C.[C-]#[N+]c1cc(-c2nc(-c3cccc4c3CCC[C@@H]4NS(=O)(=O)C3CC3)no2)ccc1OC(C)C. The first-order valence-corrected chi connectivity index (χ1v) is 22.5. The molecule has 3 aliphatic rings. The van der Waals surface area contributed by atoms with Gasteiger partial charge in [0.1, 0.15) is 11.5 Å². The molecule has 62 heavy (non-hydrogen) atoms. The van der Waals surface area contributed by atoms with E-state index in [0.29, 0.717) is 57.4 Å². The van der Waals surface area contributed by atoms with Gasteiger partial charge in [-0.05, 0) is 138 Å². The highest BCUT2D eigenvalue weighted by atomic mass is 32.2. The van der Waals surface area contributed by atoms with Crippen LogP contribution in [0.1, 0.15) is 101 Å². The van der Waals surface area contributed by atoms with Crippen molar-refractivity contribution >= 4 is 21.4 Å².